The zero-order valence-electron chi connectivity index (χ0n) is 10.5. The second-order valence-corrected chi connectivity index (χ2v) is 5.70. The van der Waals surface area contributed by atoms with Crippen LogP contribution in [-0.2, 0) is 9.59 Å². The maximum absolute atomic E-state index is 11.3. The Hall–Kier alpha value is -1.38. The number of carbonyl (C=O) groups excluding carboxylic acids is 2. The van der Waals surface area contributed by atoms with E-state index in [0.717, 1.165) is 30.6 Å². The van der Waals surface area contributed by atoms with E-state index in [-0.39, 0.29) is 11.8 Å². The lowest BCUT2D eigenvalue weighted by Crippen LogP contribution is -2.30. The molecule has 0 spiro atoms. The molecule has 1 aliphatic heterocycles. The van der Waals surface area contributed by atoms with E-state index in [9.17, 15) is 9.59 Å². The third kappa shape index (κ3) is 2.14. The number of hydrogen-bond acceptors (Lipinski definition) is 2. The van der Waals surface area contributed by atoms with Gasteiger partial charge in [0.25, 0.3) is 11.8 Å². The number of hydrogen-bond donors (Lipinski definition) is 0. The van der Waals surface area contributed by atoms with E-state index in [2.05, 4.69) is 12.2 Å². The van der Waals surface area contributed by atoms with Crippen molar-refractivity contribution in [2.45, 2.75) is 32.1 Å². The topological polar surface area (TPSA) is 37.4 Å². The maximum atomic E-state index is 11.3. The van der Waals surface area contributed by atoms with E-state index in [1.54, 1.807) is 0 Å². The summed E-state index contributed by atoms with van der Waals surface area (Å²) in [5, 5.41) is 0. The molecule has 3 atom stereocenters. The second-order valence-electron chi connectivity index (χ2n) is 5.70. The SMILES string of the molecule is O=C1C=CC(=O)N1CCCCC1CC2C=CC1C2. The Kier molecular flexibility index (Phi) is 3.06. The monoisotopic (exact) mass is 245 g/mol. The van der Waals surface area contributed by atoms with Gasteiger partial charge in [-0.3, -0.25) is 14.5 Å². The summed E-state index contributed by atoms with van der Waals surface area (Å²) >= 11 is 0. The van der Waals surface area contributed by atoms with E-state index in [0.29, 0.717) is 6.54 Å². The van der Waals surface area contributed by atoms with Crippen LogP contribution in [0.2, 0.25) is 0 Å². The third-order valence-corrected chi connectivity index (χ3v) is 4.52. The second kappa shape index (κ2) is 4.71. The van der Waals surface area contributed by atoms with Gasteiger partial charge in [-0.1, -0.05) is 18.6 Å². The summed E-state index contributed by atoms with van der Waals surface area (Å²) in [6.07, 6.45) is 13.5. The standard InChI is InChI=1S/C15H19NO2/c17-14-6-7-15(18)16(14)8-2-1-3-12-9-11-4-5-13(12)10-11/h4-7,11-13H,1-3,8-10H2. The number of nitrogens with zero attached hydrogens (tertiary/aromatic N) is 1. The molecule has 3 rings (SSSR count). The smallest absolute Gasteiger partial charge is 0.253 e. The van der Waals surface area contributed by atoms with Crippen molar-refractivity contribution in [3.8, 4) is 0 Å². The highest BCUT2D eigenvalue weighted by Gasteiger charge is 2.34. The Balaban J connectivity index is 1.37. The predicted octanol–water partition coefficient (Wildman–Crippen LogP) is 2.29. The molecule has 1 heterocycles. The van der Waals surface area contributed by atoms with Crippen molar-refractivity contribution in [1.82, 2.24) is 4.90 Å². The van der Waals surface area contributed by atoms with Gasteiger partial charge in [-0.15, -0.1) is 0 Å². The zero-order chi connectivity index (χ0) is 12.5. The van der Waals surface area contributed by atoms with Gasteiger partial charge in [-0.25, -0.2) is 0 Å². The highest BCUT2D eigenvalue weighted by atomic mass is 16.2. The van der Waals surface area contributed by atoms with Gasteiger partial charge in [-0.05, 0) is 43.4 Å². The molecule has 0 N–H and O–H groups in total. The van der Waals surface area contributed by atoms with E-state index < -0.39 is 0 Å². The van der Waals surface area contributed by atoms with Crippen LogP contribution in [0.25, 0.3) is 0 Å². The number of amides is 2. The van der Waals surface area contributed by atoms with Gasteiger partial charge >= 0.3 is 0 Å². The van der Waals surface area contributed by atoms with Gasteiger partial charge in [0.1, 0.15) is 0 Å². The first-order valence-corrected chi connectivity index (χ1v) is 6.96. The van der Waals surface area contributed by atoms with Crippen molar-refractivity contribution in [3.05, 3.63) is 24.3 Å². The van der Waals surface area contributed by atoms with Crippen LogP contribution in [0.3, 0.4) is 0 Å². The van der Waals surface area contributed by atoms with Crippen LogP contribution in [-0.4, -0.2) is 23.3 Å². The molecular weight excluding hydrogens is 226 g/mol. The number of allylic oxidation sites excluding steroid dienone is 2. The molecule has 3 nitrogen and oxygen atoms in total. The molecule has 2 aliphatic carbocycles. The van der Waals surface area contributed by atoms with E-state index >= 15 is 0 Å². The van der Waals surface area contributed by atoms with Crippen molar-refractivity contribution in [2.24, 2.45) is 17.8 Å². The highest BCUT2D eigenvalue weighted by molar-refractivity contribution is 6.12. The molecule has 0 saturated heterocycles. The highest BCUT2D eigenvalue weighted by Crippen LogP contribution is 2.45. The summed E-state index contributed by atoms with van der Waals surface area (Å²) in [5.41, 5.74) is 0. The Morgan fingerprint density at radius 3 is 2.44 bits per heavy atom. The van der Waals surface area contributed by atoms with Crippen LogP contribution in [0.1, 0.15) is 32.1 Å². The van der Waals surface area contributed by atoms with Gasteiger partial charge in [-0.2, -0.15) is 0 Å². The average Bonchev–Trinajstić information content (AvgIpc) is 3.04. The summed E-state index contributed by atoms with van der Waals surface area (Å²) in [7, 11) is 0. The number of unbranched alkanes of at least 4 members (excludes halogenated alkanes) is 1. The summed E-state index contributed by atoms with van der Waals surface area (Å²) < 4.78 is 0. The molecule has 0 aromatic carbocycles. The Morgan fingerprint density at radius 2 is 1.83 bits per heavy atom. The number of imide groups is 1. The molecule has 3 heteroatoms. The van der Waals surface area contributed by atoms with Gasteiger partial charge in [0.2, 0.25) is 0 Å². The largest absolute Gasteiger partial charge is 0.275 e. The Morgan fingerprint density at radius 1 is 1.06 bits per heavy atom. The van der Waals surface area contributed by atoms with Crippen LogP contribution in [0.4, 0.5) is 0 Å². The fourth-order valence-corrected chi connectivity index (χ4v) is 3.55. The van der Waals surface area contributed by atoms with Crippen LogP contribution in [0, 0.1) is 17.8 Å². The minimum absolute atomic E-state index is 0.150. The first-order chi connectivity index (χ1) is 8.74. The first kappa shape index (κ1) is 11.7. The summed E-state index contributed by atoms with van der Waals surface area (Å²) in [6, 6.07) is 0. The maximum Gasteiger partial charge on any atom is 0.253 e. The van der Waals surface area contributed by atoms with Crippen molar-refractivity contribution in [1.29, 1.82) is 0 Å². The van der Waals surface area contributed by atoms with Crippen molar-refractivity contribution < 1.29 is 9.59 Å². The lowest BCUT2D eigenvalue weighted by atomic mass is 9.89. The van der Waals surface area contributed by atoms with E-state index in [1.807, 2.05) is 0 Å². The van der Waals surface area contributed by atoms with Gasteiger partial charge in [0.15, 0.2) is 0 Å². The molecule has 2 amide bonds. The molecular formula is C15H19NO2. The minimum atomic E-state index is -0.150. The fourth-order valence-electron chi connectivity index (χ4n) is 3.55. The van der Waals surface area contributed by atoms with Crippen molar-refractivity contribution in [3.63, 3.8) is 0 Å². The molecule has 0 aromatic heterocycles. The van der Waals surface area contributed by atoms with E-state index in [1.165, 1.54) is 36.3 Å². The molecule has 1 saturated carbocycles. The summed E-state index contributed by atoms with van der Waals surface area (Å²) in [6.45, 7) is 0.585. The van der Waals surface area contributed by atoms with Crippen LogP contribution in [0.15, 0.2) is 24.3 Å². The molecule has 0 aromatic rings. The number of rotatable bonds is 5. The van der Waals surface area contributed by atoms with Crippen LogP contribution < -0.4 is 0 Å². The number of carbonyl (C=O) groups is 2. The van der Waals surface area contributed by atoms with Crippen molar-refractivity contribution in [2.75, 3.05) is 6.54 Å². The Labute approximate surface area is 108 Å². The quantitative estimate of drug-likeness (QED) is 0.423. The minimum Gasteiger partial charge on any atom is -0.275 e. The molecule has 2 bridgehead atoms. The van der Waals surface area contributed by atoms with Crippen LogP contribution in [0.5, 0.6) is 0 Å². The van der Waals surface area contributed by atoms with Gasteiger partial charge in [0, 0.05) is 18.7 Å². The zero-order valence-corrected chi connectivity index (χ0v) is 10.5. The summed E-state index contributed by atoms with van der Waals surface area (Å²) in [5.74, 6) is 2.20. The fraction of sp³-hybridized carbons (Fsp3) is 0.600. The van der Waals surface area contributed by atoms with Crippen LogP contribution >= 0.6 is 0 Å². The third-order valence-electron chi connectivity index (χ3n) is 4.52. The summed E-state index contributed by atoms with van der Waals surface area (Å²) in [4.78, 5) is 24.0. The molecule has 1 fully saturated rings. The Bertz CT molecular complexity index is 406. The first-order valence-electron chi connectivity index (χ1n) is 6.96. The lowest BCUT2D eigenvalue weighted by Gasteiger charge is -2.18. The molecule has 96 valence electrons. The van der Waals surface area contributed by atoms with Gasteiger partial charge < -0.3 is 0 Å². The molecule has 3 unspecified atom stereocenters. The van der Waals surface area contributed by atoms with Gasteiger partial charge in [0.05, 0.1) is 0 Å². The van der Waals surface area contributed by atoms with E-state index in [4.69, 9.17) is 0 Å². The molecule has 18 heavy (non-hydrogen) atoms. The lowest BCUT2D eigenvalue weighted by molar-refractivity contribution is -0.136. The molecule has 3 aliphatic rings. The number of fused-ring (bicyclic) bond motifs is 2. The average molecular weight is 245 g/mol. The predicted molar refractivity (Wildman–Crippen MR) is 68.6 cm³/mol. The molecule has 0 radical (unpaired) electrons. The van der Waals surface area contributed by atoms with Crippen molar-refractivity contribution >= 4 is 11.8 Å². The normalized spacial score (nSPS) is 33.1.